The Kier molecular flexibility index (Phi) is 4.77. The summed E-state index contributed by atoms with van der Waals surface area (Å²) in [7, 11) is 0. The van der Waals surface area contributed by atoms with Crippen molar-refractivity contribution in [3.05, 3.63) is 88.5 Å². The Morgan fingerprint density at radius 1 is 1.14 bits per heavy atom. The smallest absolute Gasteiger partial charge is 0.352 e. The van der Waals surface area contributed by atoms with Gasteiger partial charge in [0.2, 0.25) is 0 Å². The molecular formula is C20H14ClFN4O3. The van der Waals surface area contributed by atoms with Gasteiger partial charge in [0.25, 0.3) is 5.91 Å². The van der Waals surface area contributed by atoms with E-state index in [0.717, 1.165) is 0 Å². The fourth-order valence-electron chi connectivity index (χ4n) is 3.02. The molecule has 0 spiro atoms. The maximum Gasteiger partial charge on any atom is 0.352 e. The number of carbonyl (C=O) groups is 2. The monoisotopic (exact) mass is 412 g/mol. The molecule has 0 radical (unpaired) electrons. The van der Waals surface area contributed by atoms with Crippen LogP contribution >= 0.6 is 11.6 Å². The fraction of sp³-hybridized carbons (Fsp3) is 0.0500. The molecule has 2 heterocycles. The van der Waals surface area contributed by atoms with Gasteiger partial charge in [0.1, 0.15) is 22.9 Å². The topological polar surface area (TPSA) is 96.2 Å². The third-order valence-corrected chi connectivity index (χ3v) is 4.68. The number of fused-ring (bicyclic) bond motifs is 1. The highest BCUT2D eigenvalue weighted by atomic mass is 35.5. The number of carbonyl (C=O) groups excluding carboxylic acids is 1. The van der Waals surface area contributed by atoms with Crippen LogP contribution in [-0.4, -0.2) is 26.8 Å². The molecule has 4 rings (SSSR count). The molecule has 1 aromatic heterocycles. The number of carboxylic acid groups (broad SMARTS) is 1. The van der Waals surface area contributed by atoms with E-state index in [1.807, 2.05) is 0 Å². The maximum absolute atomic E-state index is 13.3. The molecule has 1 amide bonds. The summed E-state index contributed by atoms with van der Waals surface area (Å²) in [6, 6.07) is 11.6. The predicted molar refractivity (Wildman–Crippen MR) is 106 cm³/mol. The molecule has 0 unspecified atom stereocenters. The molecule has 0 fully saturated rings. The molecule has 3 aromatic rings. The number of carboxylic acids is 1. The van der Waals surface area contributed by atoms with E-state index in [1.54, 1.807) is 36.4 Å². The Morgan fingerprint density at radius 3 is 2.48 bits per heavy atom. The minimum absolute atomic E-state index is 0.104. The van der Waals surface area contributed by atoms with Gasteiger partial charge in [-0.25, -0.2) is 13.9 Å². The Hall–Kier alpha value is -3.65. The van der Waals surface area contributed by atoms with Crippen molar-refractivity contribution in [1.29, 1.82) is 0 Å². The second-order valence-corrected chi connectivity index (χ2v) is 6.76. The number of anilines is 2. The minimum atomic E-state index is -1.19. The number of halogens is 2. The number of rotatable bonds is 4. The molecule has 146 valence electrons. The average molecular weight is 413 g/mol. The average Bonchev–Trinajstić information content (AvgIpc) is 3.14. The number of nitrogens with zero attached hydrogens (tertiary/aromatic N) is 2. The van der Waals surface area contributed by atoms with Gasteiger partial charge in [-0.15, -0.1) is 0 Å². The summed E-state index contributed by atoms with van der Waals surface area (Å²) in [6.07, 6.45) is 2.80. The number of aliphatic carboxylic acids is 1. The van der Waals surface area contributed by atoms with E-state index in [4.69, 9.17) is 11.6 Å². The van der Waals surface area contributed by atoms with Crippen LogP contribution in [0.1, 0.15) is 22.0 Å². The van der Waals surface area contributed by atoms with Crippen LogP contribution < -0.4 is 10.6 Å². The van der Waals surface area contributed by atoms with Crippen LogP contribution in [0.4, 0.5) is 15.9 Å². The highest BCUT2D eigenvalue weighted by Gasteiger charge is 2.29. The number of benzene rings is 2. The molecule has 9 heteroatoms. The molecule has 0 aliphatic carbocycles. The van der Waals surface area contributed by atoms with Gasteiger partial charge in [0.05, 0.1) is 12.2 Å². The molecule has 1 aliphatic heterocycles. The molecule has 1 aliphatic rings. The van der Waals surface area contributed by atoms with Gasteiger partial charge in [0.15, 0.2) is 0 Å². The van der Waals surface area contributed by atoms with Crippen molar-refractivity contribution in [3.8, 4) is 0 Å². The van der Waals surface area contributed by atoms with Crippen LogP contribution in [0.5, 0.6) is 0 Å². The van der Waals surface area contributed by atoms with Gasteiger partial charge >= 0.3 is 5.97 Å². The molecule has 0 saturated heterocycles. The van der Waals surface area contributed by atoms with Crippen molar-refractivity contribution in [2.75, 3.05) is 10.6 Å². The van der Waals surface area contributed by atoms with Crippen molar-refractivity contribution in [2.24, 2.45) is 0 Å². The lowest BCUT2D eigenvalue weighted by atomic mass is 10.0. The zero-order valence-electron chi connectivity index (χ0n) is 14.8. The molecule has 3 N–H and O–H groups in total. The largest absolute Gasteiger partial charge is 0.477 e. The Bertz CT molecular complexity index is 1120. The van der Waals surface area contributed by atoms with Crippen LogP contribution in [0.15, 0.2) is 66.5 Å². The van der Waals surface area contributed by atoms with E-state index in [1.165, 1.54) is 29.1 Å². The first kappa shape index (κ1) is 18.7. The second kappa shape index (κ2) is 7.40. The predicted octanol–water partition coefficient (Wildman–Crippen LogP) is 3.91. The lowest BCUT2D eigenvalue weighted by Gasteiger charge is -2.24. The van der Waals surface area contributed by atoms with Crippen molar-refractivity contribution in [1.82, 2.24) is 9.78 Å². The number of hydrogen-bond donors (Lipinski definition) is 3. The summed E-state index contributed by atoms with van der Waals surface area (Å²) in [6.45, 7) is 0. The summed E-state index contributed by atoms with van der Waals surface area (Å²) >= 11 is 5.85. The number of hydrogen-bond acceptors (Lipinski definition) is 4. The van der Waals surface area contributed by atoms with Crippen molar-refractivity contribution < 1.29 is 19.1 Å². The van der Waals surface area contributed by atoms with Gasteiger partial charge < -0.3 is 15.7 Å². The number of nitrogens with one attached hydrogen (secondary N) is 2. The molecule has 7 nitrogen and oxygen atoms in total. The molecule has 29 heavy (non-hydrogen) atoms. The first-order chi connectivity index (χ1) is 13.9. The second-order valence-electron chi connectivity index (χ2n) is 6.32. The quantitative estimate of drug-likeness (QED) is 0.603. The molecular weight excluding hydrogens is 399 g/mol. The SMILES string of the molecule is O=C(O)C1=C[C@@H](c2ccc(F)cc2)n2ncc(C(=O)Nc3ccc(Cl)cc3)c2N1. The van der Waals surface area contributed by atoms with E-state index in [9.17, 15) is 19.1 Å². The number of aromatic nitrogens is 2. The van der Waals surface area contributed by atoms with E-state index < -0.39 is 23.7 Å². The van der Waals surface area contributed by atoms with Crippen LogP contribution in [0.25, 0.3) is 0 Å². The Morgan fingerprint density at radius 2 is 1.83 bits per heavy atom. The van der Waals surface area contributed by atoms with Gasteiger partial charge in [-0.1, -0.05) is 23.7 Å². The van der Waals surface area contributed by atoms with Gasteiger partial charge in [-0.2, -0.15) is 5.10 Å². The minimum Gasteiger partial charge on any atom is -0.477 e. The van der Waals surface area contributed by atoms with Crippen LogP contribution in [0, 0.1) is 5.82 Å². The molecule has 0 bridgehead atoms. The fourth-order valence-corrected chi connectivity index (χ4v) is 3.14. The summed E-state index contributed by atoms with van der Waals surface area (Å²) in [5.41, 5.74) is 1.21. The third kappa shape index (κ3) is 3.70. The van der Waals surface area contributed by atoms with Crippen LogP contribution in [0.2, 0.25) is 5.02 Å². The lowest BCUT2D eigenvalue weighted by molar-refractivity contribution is -0.132. The third-order valence-electron chi connectivity index (χ3n) is 4.43. The molecule has 1 atom stereocenters. The van der Waals surface area contributed by atoms with Crippen LogP contribution in [0.3, 0.4) is 0 Å². The normalized spacial score (nSPS) is 15.1. The van der Waals surface area contributed by atoms with E-state index in [2.05, 4.69) is 15.7 Å². The Balaban J connectivity index is 1.70. The van der Waals surface area contributed by atoms with Gasteiger partial charge in [-0.05, 0) is 48.0 Å². The Labute approximate surface area is 169 Å². The van der Waals surface area contributed by atoms with Crippen LogP contribution in [-0.2, 0) is 4.79 Å². The highest BCUT2D eigenvalue weighted by molar-refractivity contribution is 6.30. The molecule has 2 aromatic carbocycles. The van der Waals surface area contributed by atoms with E-state index in [-0.39, 0.29) is 17.1 Å². The van der Waals surface area contributed by atoms with Crippen molar-refractivity contribution in [3.63, 3.8) is 0 Å². The number of amides is 1. The van der Waals surface area contributed by atoms with Crippen molar-refractivity contribution in [2.45, 2.75) is 6.04 Å². The maximum atomic E-state index is 13.3. The van der Waals surface area contributed by atoms with Gasteiger partial charge in [0, 0.05) is 10.7 Å². The zero-order valence-corrected chi connectivity index (χ0v) is 15.5. The standard InChI is InChI=1S/C20H14ClFN4O3/c21-12-3-7-14(8-4-12)24-19(27)15-10-23-26-17(11-1-5-13(22)6-2-11)9-16(20(28)29)25-18(15)26/h1-10,17,25H,(H,24,27)(H,28,29)/t17-/m0/s1. The summed E-state index contributed by atoms with van der Waals surface area (Å²) in [5, 5.41) is 19.7. The summed E-state index contributed by atoms with van der Waals surface area (Å²) in [4.78, 5) is 24.3. The van der Waals surface area contributed by atoms with E-state index >= 15 is 0 Å². The molecule has 0 saturated carbocycles. The lowest BCUT2D eigenvalue weighted by Crippen LogP contribution is -2.25. The summed E-state index contributed by atoms with van der Waals surface area (Å²) in [5.74, 6) is -1.83. The van der Waals surface area contributed by atoms with Crippen molar-refractivity contribution >= 4 is 35.0 Å². The first-order valence-electron chi connectivity index (χ1n) is 8.54. The van der Waals surface area contributed by atoms with Gasteiger partial charge in [-0.3, -0.25) is 4.79 Å². The first-order valence-corrected chi connectivity index (χ1v) is 8.92. The summed E-state index contributed by atoms with van der Waals surface area (Å²) < 4.78 is 14.8. The zero-order chi connectivity index (χ0) is 20.5. The number of allylic oxidation sites excluding steroid dienone is 1. The van der Waals surface area contributed by atoms with E-state index in [0.29, 0.717) is 16.3 Å². The highest BCUT2D eigenvalue weighted by Crippen LogP contribution is 2.32.